The number of alkyl halides is 2. The number of carbonyl (C=O) groups is 1. The Morgan fingerprint density at radius 2 is 1.04 bits per heavy atom. The van der Waals surface area contributed by atoms with Gasteiger partial charge < -0.3 is 0 Å². The van der Waals surface area contributed by atoms with Crippen molar-refractivity contribution >= 4 is 29.0 Å². The van der Waals surface area contributed by atoms with E-state index in [-0.39, 0.29) is 5.78 Å². The van der Waals surface area contributed by atoms with Crippen molar-refractivity contribution in [3.8, 4) is 0 Å². The lowest BCUT2D eigenvalue weighted by Gasteiger charge is -2.25. The first-order valence-electron chi connectivity index (χ1n) is 9.94. The van der Waals surface area contributed by atoms with Crippen LogP contribution in [-0.2, 0) is 9.75 Å². The highest BCUT2D eigenvalue weighted by molar-refractivity contribution is 6.26. The first-order chi connectivity index (χ1) is 12.7. The van der Waals surface area contributed by atoms with Gasteiger partial charge in [-0.1, -0.05) is 64.1 Å². The fraction of sp³-hybridized carbons (Fsp3) is 0.480. The number of hydrogen-bond donors (Lipinski definition) is 0. The van der Waals surface area contributed by atoms with E-state index in [1.165, 1.54) is 11.1 Å². The fourth-order valence-electron chi connectivity index (χ4n) is 3.37. The Bertz CT molecular complexity index is 794. The summed E-state index contributed by atoms with van der Waals surface area (Å²) >= 11 is 13.4. The minimum atomic E-state index is -0.648. The lowest BCUT2D eigenvalue weighted by molar-refractivity contribution is 0.103. The first kappa shape index (κ1) is 23.0. The van der Waals surface area contributed by atoms with Crippen LogP contribution in [0.15, 0.2) is 36.4 Å². The summed E-state index contributed by atoms with van der Waals surface area (Å²) in [6, 6.07) is 12.0. The van der Waals surface area contributed by atoms with Crippen molar-refractivity contribution in [1.82, 2.24) is 0 Å². The average Bonchev–Trinajstić information content (AvgIpc) is 2.58. The van der Waals surface area contributed by atoms with Crippen LogP contribution in [0.5, 0.6) is 0 Å². The van der Waals surface area contributed by atoms with E-state index in [4.69, 9.17) is 23.2 Å². The largest absolute Gasteiger partial charge is 0.289 e. The number of halogens is 2. The fourth-order valence-corrected chi connectivity index (χ4v) is 3.68. The van der Waals surface area contributed by atoms with Crippen molar-refractivity contribution < 1.29 is 4.79 Å². The topological polar surface area (TPSA) is 17.1 Å². The van der Waals surface area contributed by atoms with E-state index >= 15 is 0 Å². The highest BCUT2D eigenvalue weighted by atomic mass is 35.5. The third-order valence-electron chi connectivity index (χ3n) is 5.19. The third kappa shape index (κ3) is 4.99. The molecule has 2 aromatic carbocycles. The van der Waals surface area contributed by atoms with Crippen LogP contribution >= 0.6 is 23.2 Å². The van der Waals surface area contributed by atoms with Gasteiger partial charge in [0.1, 0.15) is 0 Å². The summed E-state index contributed by atoms with van der Waals surface area (Å²) in [5.41, 5.74) is 5.35. The van der Waals surface area contributed by atoms with Crippen LogP contribution in [-0.4, -0.2) is 5.78 Å². The van der Waals surface area contributed by atoms with E-state index in [1.807, 2.05) is 52.0 Å². The van der Waals surface area contributed by atoms with Crippen LogP contribution in [0.4, 0.5) is 0 Å². The second-order valence-corrected chi connectivity index (χ2v) is 11.1. The van der Waals surface area contributed by atoms with Crippen LogP contribution in [0.1, 0.15) is 105 Å². The maximum atomic E-state index is 13.6. The zero-order valence-electron chi connectivity index (χ0n) is 18.3. The third-order valence-corrected chi connectivity index (χ3v) is 5.60. The summed E-state index contributed by atoms with van der Waals surface area (Å²) in [6.45, 7) is 16.3. The van der Waals surface area contributed by atoms with E-state index in [2.05, 4.69) is 39.8 Å². The molecule has 0 unspecified atom stereocenters. The Kier molecular flexibility index (Phi) is 6.73. The second-order valence-electron chi connectivity index (χ2n) is 9.19. The highest BCUT2D eigenvalue weighted by Crippen LogP contribution is 2.37. The summed E-state index contributed by atoms with van der Waals surface area (Å²) in [5.74, 6) is 0.701. The SMILES string of the molecule is CC(C)c1ccc(C(=O)c2ccc(C(C)C)cc2C(C)(C)Cl)c(C(C)(C)Cl)c1. The molecule has 0 aliphatic heterocycles. The maximum absolute atomic E-state index is 13.6. The van der Waals surface area contributed by atoms with Crippen molar-refractivity contribution in [3.63, 3.8) is 0 Å². The normalized spacial score (nSPS) is 12.7. The molecule has 2 aromatic rings. The molecule has 1 nitrogen and oxygen atoms in total. The van der Waals surface area contributed by atoms with Crippen molar-refractivity contribution in [2.75, 3.05) is 0 Å². The van der Waals surface area contributed by atoms with Gasteiger partial charge >= 0.3 is 0 Å². The van der Waals surface area contributed by atoms with Crippen molar-refractivity contribution in [2.45, 2.75) is 77.0 Å². The molecule has 0 fully saturated rings. The lowest BCUT2D eigenvalue weighted by atomic mass is 9.84. The van der Waals surface area contributed by atoms with Gasteiger partial charge in [0.2, 0.25) is 0 Å². The molecule has 0 aliphatic rings. The average molecular weight is 419 g/mol. The van der Waals surface area contributed by atoms with E-state index in [9.17, 15) is 4.79 Å². The van der Waals surface area contributed by atoms with Crippen molar-refractivity contribution in [1.29, 1.82) is 0 Å². The second kappa shape index (κ2) is 8.20. The standard InChI is InChI=1S/C25H32Cl2O/c1-15(2)17-9-11-19(21(13-17)24(5,6)26)23(28)20-12-10-18(16(3)4)14-22(20)25(7,8)27/h9-16H,1-8H3. The monoisotopic (exact) mass is 418 g/mol. The van der Waals surface area contributed by atoms with E-state index < -0.39 is 9.75 Å². The van der Waals surface area contributed by atoms with Gasteiger partial charge in [0, 0.05) is 11.1 Å². The smallest absolute Gasteiger partial charge is 0.193 e. The number of hydrogen-bond acceptors (Lipinski definition) is 1. The molecule has 0 aromatic heterocycles. The molecule has 0 atom stereocenters. The molecule has 0 bridgehead atoms. The van der Waals surface area contributed by atoms with Gasteiger partial charge in [0.05, 0.1) is 9.75 Å². The number of benzene rings is 2. The van der Waals surface area contributed by atoms with Crippen LogP contribution < -0.4 is 0 Å². The van der Waals surface area contributed by atoms with Gasteiger partial charge in [-0.15, -0.1) is 23.2 Å². The Morgan fingerprint density at radius 3 is 1.29 bits per heavy atom. The molecular weight excluding hydrogens is 387 g/mol. The van der Waals surface area contributed by atoms with Gasteiger partial charge in [-0.2, -0.15) is 0 Å². The van der Waals surface area contributed by atoms with Gasteiger partial charge in [0.25, 0.3) is 0 Å². The van der Waals surface area contributed by atoms with Crippen molar-refractivity contribution in [3.05, 3.63) is 69.8 Å². The molecule has 2 rings (SSSR count). The Balaban J connectivity index is 2.70. The molecular formula is C25H32Cl2O. The molecule has 0 radical (unpaired) electrons. The maximum Gasteiger partial charge on any atom is 0.193 e. The molecule has 0 N–H and O–H groups in total. The van der Waals surface area contributed by atoms with Crippen LogP contribution in [0.25, 0.3) is 0 Å². The predicted octanol–water partition coefficient (Wildman–Crippen LogP) is 8.11. The minimum absolute atomic E-state index is 0.0296. The lowest BCUT2D eigenvalue weighted by Crippen LogP contribution is -2.20. The first-order valence-corrected chi connectivity index (χ1v) is 10.7. The Morgan fingerprint density at radius 1 is 0.714 bits per heavy atom. The Labute approximate surface area is 180 Å². The van der Waals surface area contributed by atoms with E-state index in [1.54, 1.807) is 0 Å². The number of rotatable bonds is 6. The summed E-state index contributed by atoms with van der Waals surface area (Å²) in [6.07, 6.45) is 0. The van der Waals surface area contributed by atoms with E-state index in [0.717, 1.165) is 11.1 Å². The Hall–Kier alpha value is -1.31. The molecule has 152 valence electrons. The number of ketones is 1. The molecule has 0 heterocycles. The van der Waals surface area contributed by atoms with E-state index in [0.29, 0.717) is 23.0 Å². The molecule has 0 amide bonds. The van der Waals surface area contributed by atoms with Crippen LogP contribution in [0.3, 0.4) is 0 Å². The van der Waals surface area contributed by atoms with Crippen molar-refractivity contribution in [2.24, 2.45) is 0 Å². The summed E-state index contributed by atoms with van der Waals surface area (Å²) in [4.78, 5) is 12.3. The van der Waals surface area contributed by atoms with Gasteiger partial charge in [-0.05, 0) is 61.8 Å². The summed E-state index contributed by atoms with van der Waals surface area (Å²) < 4.78 is 0. The van der Waals surface area contributed by atoms with Gasteiger partial charge in [0.15, 0.2) is 5.78 Å². The molecule has 0 saturated carbocycles. The van der Waals surface area contributed by atoms with Gasteiger partial charge in [-0.3, -0.25) is 4.79 Å². The zero-order valence-corrected chi connectivity index (χ0v) is 19.8. The minimum Gasteiger partial charge on any atom is -0.289 e. The molecule has 0 aliphatic carbocycles. The summed E-state index contributed by atoms with van der Waals surface area (Å²) in [5, 5.41) is 0. The quantitative estimate of drug-likeness (QED) is 0.341. The van der Waals surface area contributed by atoms with Crippen LogP contribution in [0.2, 0.25) is 0 Å². The molecule has 0 saturated heterocycles. The van der Waals surface area contributed by atoms with Gasteiger partial charge in [-0.25, -0.2) is 0 Å². The molecule has 3 heteroatoms. The van der Waals surface area contributed by atoms with Crippen LogP contribution in [0, 0.1) is 0 Å². The number of carbonyl (C=O) groups excluding carboxylic acids is 1. The predicted molar refractivity (Wildman–Crippen MR) is 122 cm³/mol. The molecule has 0 spiro atoms. The zero-order chi connectivity index (χ0) is 21.4. The highest BCUT2D eigenvalue weighted by Gasteiger charge is 2.29. The summed E-state index contributed by atoms with van der Waals surface area (Å²) in [7, 11) is 0. The molecule has 28 heavy (non-hydrogen) atoms.